The lowest BCUT2D eigenvalue weighted by molar-refractivity contribution is -0.141. The summed E-state index contributed by atoms with van der Waals surface area (Å²) in [5, 5.41) is 5.31. The van der Waals surface area contributed by atoms with Crippen LogP contribution in [0.2, 0.25) is 0 Å². The van der Waals surface area contributed by atoms with Gasteiger partial charge in [-0.2, -0.15) is 26.3 Å². The van der Waals surface area contributed by atoms with Crippen LogP contribution in [-0.4, -0.2) is 55.1 Å². The van der Waals surface area contributed by atoms with E-state index in [9.17, 15) is 35.9 Å². The average molecular weight is 744 g/mol. The van der Waals surface area contributed by atoms with Crippen LogP contribution in [-0.2, 0) is 16.4 Å². The van der Waals surface area contributed by atoms with Crippen molar-refractivity contribution >= 4 is 24.2 Å². The van der Waals surface area contributed by atoms with Crippen molar-refractivity contribution in [3.8, 4) is 22.3 Å². The molecule has 2 amide bonds. The number of carbonyl (C=O) groups is 2. The maximum Gasteiger partial charge on any atom is 0.416 e. The molecule has 0 aliphatic heterocycles. The standard InChI is InChI=1S/C40H39F6N3O2.ClH/c1-49(24-8-23-38(37(51)47-25-39(41,42)43)34-13-6-4-10-31(34)32-11-5-7-14-35(32)38)29-21-19-28(20-22-29)48-36(50)33-12-3-2-9-30(33)26-15-17-27(18-16-26)40(44,45)46;/h2-7,9-18,28-29H,8,19-25H2,1H3,(H,47,51)(H,48,50);1H. The van der Waals surface area contributed by atoms with E-state index in [2.05, 4.69) is 15.5 Å². The van der Waals surface area contributed by atoms with E-state index in [0.717, 1.165) is 48.9 Å². The fourth-order valence-electron chi connectivity index (χ4n) is 7.76. The molecule has 2 aliphatic rings. The van der Waals surface area contributed by atoms with Gasteiger partial charge in [0, 0.05) is 17.6 Å². The summed E-state index contributed by atoms with van der Waals surface area (Å²) >= 11 is 0. The second-order valence-corrected chi connectivity index (χ2v) is 13.5. The van der Waals surface area contributed by atoms with E-state index in [1.807, 2.05) is 55.6 Å². The monoisotopic (exact) mass is 743 g/mol. The normalized spacial score (nSPS) is 17.8. The summed E-state index contributed by atoms with van der Waals surface area (Å²) in [6.07, 6.45) is -5.01. The molecule has 0 radical (unpaired) electrons. The summed E-state index contributed by atoms with van der Waals surface area (Å²) in [6.45, 7) is -0.779. The average Bonchev–Trinajstić information content (AvgIpc) is 3.40. The van der Waals surface area contributed by atoms with Gasteiger partial charge >= 0.3 is 12.4 Å². The zero-order chi connectivity index (χ0) is 36.4. The first kappa shape index (κ1) is 38.9. The van der Waals surface area contributed by atoms with Crippen molar-refractivity contribution in [3.05, 3.63) is 119 Å². The van der Waals surface area contributed by atoms with Crippen molar-refractivity contribution in [2.24, 2.45) is 0 Å². The van der Waals surface area contributed by atoms with E-state index in [0.29, 0.717) is 47.2 Å². The highest BCUT2D eigenvalue weighted by Gasteiger charge is 2.49. The minimum absolute atomic E-state index is 0. The lowest BCUT2D eigenvalue weighted by Crippen LogP contribution is -2.47. The molecule has 6 rings (SSSR count). The highest BCUT2D eigenvalue weighted by molar-refractivity contribution is 6.01. The number of alkyl halides is 6. The Balaban J connectivity index is 0.00000523. The Morgan fingerprint density at radius 2 is 1.29 bits per heavy atom. The van der Waals surface area contributed by atoms with Crippen molar-refractivity contribution in [2.45, 2.75) is 68.4 Å². The van der Waals surface area contributed by atoms with Crippen molar-refractivity contribution in [1.82, 2.24) is 15.5 Å². The van der Waals surface area contributed by atoms with E-state index in [1.165, 1.54) is 12.1 Å². The van der Waals surface area contributed by atoms with Gasteiger partial charge < -0.3 is 15.5 Å². The quantitative estimate of drug-likeness (QED) is 0.159. The van der Waals surface area contributed by atoms with Crippen LogP contribution in [0.4, 0.5) is 26.3 Å². The molecule has 5 nitrogen and oxygen atoms in total. The van der Waals surface area contributed by atoms with Crippen LogP contribution < -0.4 is 10.6 Å². The number of amides is 2. The molecule has 0 bridgehead atoms. The zero-order valence-electron chi connectivity index (χ0n) is 28.5. The van der Waals surface area contributed by atoms with Gasteiger partial charge in [0.05, 0.1) is 5.56 Å². The number of rotatable bonds is 10. The van der Waals surface area contributed by atoms with Crippen molar-refractivity contribution in [3.63, 3.8) is 0 Å². The summed E-state index contributed by atoms with van der Waals surface area (Å²) in [5.74, 6) is -0.940. The molecule has 0 atom stereocenters. The largest absolute Gasteiger partial charge is 0.416 e. The number of hydrogen-bond acceptors (Lipinski definition) is 3. The topological polar surface area (TPSA) is 61.4 Å². The third-order valence-electron chi connectivity index (χ3n) is 10.3. The molecule has 0 unspecified atom stereocenters. The number of fused-ring (bicyclic) bond motifs is 3. The van der Waals surface area contributed by atoms with Crippen LogP contribution in [0.25, 0.3) is 22.3 Å². The molecule has 2 aliphatic carbocycles. The molecule has 0 aromatic heterocycles. The molecule has 4 aromatic rings. The number of carbonyl (C=O) groups excluding carboxylic acids is 2. The lowest BCUT2D eigenvalue weighted by Gasteiger charge is -2.36. The smallest absolute Gasteiger partial charge is 0.349 e. The van der Waals surface area contributed by atoms with E-state index in [-0.39, 0.29) is 30.4 Å². The lowest BCUT2D eigenvalue weighted by atomic mass is 9.73. The van der Waals surface area contributed by atoms with Crippen LogP contribution in [0, 0.1) is 0 Å². The highest BCUT2D eigenvalue weighted by Crippen LogP contribution is 2.51. The third-order valence-corrected chi connectivity index (χ3v) is 10.3. The molecular weight excluding hydrogens is 704 g/mol. The Labute approximate surface area is 305 Å². The molecule has 1 saturated carbocycles. The van der Waals surface area contributed by atoms with E-state index in [1.54, 1.807) is 24.3 Å². The van der Waals surface area contributed by atoms with E-state index >= 15 is 0 Å². The first-order valence-electron chi connectivity index (χ1n) is 17.1. The zero-order valence-corrected chi connectivity index (χ0v) is 29.3. The third kappa shape index (κ3) is 8.15. The number of benzene rings is 4. The van der Waals surface area contributed by atoms with Crippen LogP contribution in [0.1, 0.15) is 65.6 Å². The highest BCUT2D eigenvalue weighted by atomic mass is 35.5. The molecule has 4 aromatic carbocycles. The predicted molar refractivity (Wildman–Crippen MR) is 191 cm³/mol. The van der Waals surface area contributed by atoms with Crippen molar-refractivity contribution in [2.75, 3.05) is 20.1 Å². The second-order valence-electron chi connectivity index (χ2n) is 13.5. The SMILES string of the molecule is CN(CCCC1(C(=O)NCC(F)(F)F)c2ccccc2-c2ccccc21)C1CCC(NC(=O)c2ccccc2-c2ccc(C(F)(F)F)cc2)CC1.Cl. The summed E-state index contributed by atoms with van der Waals surface area (Å²) in [6, 6.07) is 26.6. The minimum atomic E-state index is -4.54. The molecule has 52 heavy (non-hydrogen) atoms. The Kier molecular flexibility index (Phi) is 11.7. The van der Waals surface area contributed by atoms with Crippen LogP contribution in [0.15, 0.2) is 97.1 Å². The fraction of sp³-hybridized carbons (Fsp3) is 0.350. The van der Waals surface area contributed by atoms with Crippen LogP contribution >= 0.6 is 12.4 Å². The van der Waals surface area contributed by atoms with Gasteiger partial charge in [-0.05, 0) is 104 Å². The molecule has 0 heterocycles. The molecule has 2 N–H and O–H groups in total. The van der Waals surface area contributed by atoms with Gasteiger partial charge in [0.25, 0.3) is 5.91 Å². The van der Waals surface area contributed by atoms with Gasteiger partial charge in [-0.15, -0.1) is 12.4 Å². The summed E-state index contributed by atoms with van der Waals surface area (Å²) in [5.41, 5.74) is 2.58. The van der Waals surface area contributed by atoms with Gasteiger partial charge in [-0.25, -0.2) is 0 Å². The van der Waals surface area contributed by atoms with Gasteiger partial charge in [-0.3, -0.25) is 9.59 Å². The maximum absolute atomic E-state index is 13.8. The maximum atomic E-state index is 13.8. The van der Waals surface area contributed by atoms with Crippen molar-refractivity contribution < 1.29 is 35.9 Å². The van der Waals surface area contributed by atoms with Crippen molar-refractivity contribution in [1.29, 1.82) is 0 Å². The van der Waals surface area contributed by atoms with Crippen LogP contribution in [0.3, 0.4) is 0 Å². The van der Waals surface area contributed by atoms with E-state index < -0.39 is 35.8 Å². The molecule has 1 fully saturated rings. The first-order chi connectivity index (χ1) is 24.3. The summed E-state index contributed by atoms with van der Waals surface area (Å²) in [4.78, 5) is 29.4. The molecular formula is C40H40ClF6N3O2. The number of nitrogens with zero attached hydrogens (tertiary/aromatic N) is 1. The second kappa shape index (κ2) is 15.7. The fourth-order valence-corrected chi connectivity index (χ4v) is 7.76. The molecule has 12 heteroatoms. The van der Waals surface area contributed by atoms with Gasteiger partial charge in [-0.1, -0.05) is 78.9 Å². The Hall–Kier alpha value is -4.35. The summed E-state index contributed by atoms with van der Waals surface area (Å²) < 4.78 is 78.9. The summed E-state index contributed by atoms with van der Waals surface area (Å²) in [7, 11) is 2.01. The molecule has 276 valence electrons. The Morgan fingerprint density at radius 3 is 1.85 bits per heavy atom. The number of nitrogens with one attached hydrogen (secondary N) is 2. The number of hydrogen-bond donors (Lipinski definition) is 2. The Morgan fingerprint density at radius 1 is 0.750 bits per heavy atom. The van der Waals surface area contributed by atoms with Gasteiger partial charge in [0.2, 0.25) is 5.91 Å². The predicted octanol–water partition coefficient (Wildman–Crippen LogP) is 9.19. The van der Waals surface area contributed by atoms with Gasteiger partial charge in [0.1, 0.15) is 12.0 Å². The minimum Gasteiger partial charge on any atom is -0.349 e. The number of halogens is 7. The van der Waals surface area contributed by atoms with Gasteiger partial charge in [0.15, 0.2) is 0 Å². The Bertz CT molecular complexity index is 1820. The van der Waals surface area contributed by atoms with Crippen LogP contribution in [0.5, 0.6) is 0 Å². The molecule has 0 saturated heterocycles. The van der Waals surface area contributed by atoms with E-state index in [4.69, 9.17) is 0 Å². The first-order valence-corrected chi connectivity index (χ1v) is 17.1. The molecule has 0 spiro atoms.